The lowest BCUT2D eigenvalue weighted by atomic mass is 9.96. The molecule has 5 nitrogen and oxygen atoms in total. The standard InChI is InChI=1S/C20H31N3O2.ClH/c1-25-19-8-4-3-7-17(19)18(23-13-5-2-6-14-23)15-22-20(24)16-9-11-21-12-10-16;/h3-4,7-8,16,18,21H,2,5-6,9-15H2,1H3,(H,22,24);1H. The third-order valence-corrected chi connectivity index (χ3v) is 5.51. The molecule has 2 fully saturated rings. The average Bonchev–Trinajstić information content (AvgIpc) is 2.70. The minimum Gasteiger partial charge on any atom is -0.496 e. The number of benzene rings is 1. The lowest BCUT2D eigenvalue weighted by Crippen LogP contribution is -2.44. The molecular weight excluding hydrogens is 350 g/mol. The molecule has 146 valence electrons. The third-order valence-electron chi connectivity index (χ3n) is 5.51. The Kier molecular flexibility index (Phi) is 8.69. The maximum atomic E-state index is 12.6. The molecule has 1 aromatic carbocycles. The molecule has 2 heterocycles. The van der Waals surface area contributed by atoms with Gasteiger partial charge in [-0.3, -0.25) is 9.69 Å². The Balaban J connectivity index is 0.00000243. The highest BCUT2D eigenvalue weighted by Crippen LogP contribution is 2.31. The summed E-state index contributed by atoms with van der Waals surface area (Å²) in [5.74, 6) is 1.27. The van der Waals surface area contributed by atoms with Crippen LogP contribution < -0.4 is 15.4 Å². The number of ether oxygens (including phenoxy) is 1. The van der Waals surface area contributed by atoms with Gasteiger partial charge < -0.3 is 15.4 Å². The third kappa shape index (κ3) is 5.35. The first kappa shape index (κ1) is 21.0. The molecule has 2 saturated heterocycles. The Labute approximate surface area is 163 Å². The van der Waals surface area contributed by atoms with Crippen molar-refractivity contribution in [3.05, 3.63) is 29.8 Å². The average molecular weight is 382 g/mol. The summed E-state index contributed by atoms with van der Waals surface area (Å²) in [6.45, 7) is 4.72. The predicted octanol–water partition coefficient (Wildman–Crippen LogP) is 2.76. The number of piperidine rings is 2. The molecule has 1 aromatic rings. The Morgan fingerprint density at radius 3 is 2.62 bits per heavy atom. The molecular formula is C20H32ClN3O2. The van der Waals surface area contributed by atoms with Gasteiger partial charge in [0.15, 0.2) is 0 Å². The molecule has 1 atom stereocenters. The van der Waals surface area contributed by atoms with E-state index in [-0.39, 0.29) is 30.3 Å². The summed E-state index contributed by atoms with van der Waals surface area (Å²) >= 11 is 0. The molecule has 0 aliphatic carbocycles. The lowest BCUT2D eigenvalue weighted by Gasteiger charge is -2.36. The van der Waals surface area contributed by atoms with Crippen molar-refractivity contribution < 1.29 is 9.53 Å². The Morgan fingerprint density at radius 2 is 1.92 bits per heavy atom. The van der Waals surface area contributed by atoms with Crippen molar-refractivity contribution in [1.82, 2.24) is 15.5 Å². The number of carbonyl (C=O) groups excluding carboxylic acids is 1. The van der Waals surface area contributed by atoms with Gasteiger partial charge in [0.2, 0.25) is 5.91 Å². The van der Waals surface area contributed by atoms with E-state index in [2.05, 4.69) is 27.7 Å². The van der Waals surface area contributed by atoms with Gasteiger partial charge in [-0.1, -0.05) is 24.6 Å². The van der Waals surface area contributed by atoms with Gasteiger partial charge in [-0.2, -0.15) is 0 Å². The van der Waals surface area contributed by atoms with Gasteiger partial charge in [0.05, 0.1) is 13.2 Å². The summed E-state index contributed by atoms with van der Waals surface area (Å²) in [5.41, 5.74) is 1.18. The van der Waals surface area contributed by atoms with Gasteiger partial charge in [0, 0.05) is 18.0 Å². The molecule has 1 amide bonds. The minimum atomic E-state index is 0. The maximum absolute atomic E-state index is 12.6. The van der Waals surface area contributed by atoms with Crippen LogP contribution in [0, 0.1) is 5.92 Å². The van der Waals surface area contributed by atoms with E-state index in [4.69, 9.17) is 4.74 Å². The monoisotopic (exact) mass is 381 g/mol. The molecule has 0 spiro atoms. The minimum absolute atomic E-state index is 0. The van der Waals surface area contributed by atoms with Crippen LogP contribution in [0.25, 0.3) is 0 Å². The summed E-state index contributed by atoms with van der Waals surface area (Å²) in [7, 11) is 1.72. The second-order valence-electron chi connectivity index (χ2n) is 7.12. The van der Waals surface area contributed by atoms with Gasteiger partial charge in [-0.25, -0.2) is 0 Å². The second-order valence-corrected chi connectivity index (χ2v) is 7.12. The smallest absolute Gasteiger partial charge is 0.223 e. The van der Waals surface area contributed by atoms with Crippen LogP contribution in [0.5, 0.6) is 5.75 Å². The largest absolute Gasteiger partial charge is 0.496 e. The van der Waals surface area contributed by atoms with Crippen LogP contribution in [-0.2, 0) is 4.79 Å². The highest BCUT2D eigenvalue weighted by molar-refractivity contribution is 5.85. The molecule has 2 aliphatic rings. The maximum Gasteiger partial charge on any atom is 0.223 e. The fourth-order valence-electron chi connectivity index (χ4n) is 4.03. The summed E-state index contributed by atoms with van der Waals surface area (Å²) in [5, 5.41) is 6.56. The van der Waals surface area contributed by atoms with Crippen LogP contribution in [-0.4, -0.2) is 50.6 Å². The summed E-state index contributed by atoms with van der Waals surface area (Å²) in [4.78, 5) is 15.1. The number of carbonyl (C=O) groups is 1. The zero-order valence-corrected chi connectivity index (χ0v) is 16.5. The quantitative estimate of drug-likeness (QED) is 0.795. The number of likely N-dealkylation sites (tertiary alicyclic amines) is 1. The fraction of sp³-hybridized carbons (Fsp3) is 0.650. The molecule has 0 aromatic heterocycles. The number of halogens is 1. The van der Waals surface area contributed by atoms with E-state index in [1.54, 1.807) is 7.11 Å². The molecule has 3 rings (SSSR count). The van der Waals surface area contributed by atoms with E-state index in [0.29, 0.717) is 6.54 Å². The highest BCUT2D eigenvalue weighted by atomic mass is 35.5. The van der Waals surface area contributed by atoms with E-state index in [1.807, 2.05) is 12.1 Å². The topological polar surface area (TPSA) is 53.6 Å². The van der Waals surface area contributed by atoms with Crippen molar-refractivity contribution in [3.8, 4) is 5.75 Å². The van der Waals surface area contributed by atoms with Gasteiger partial charge in [0.1, 0.15) is 5.75 Å². The number of hydrogen-bond donors (Lipinski definition) is 2. The molecule has 2 aliphatic heterocycles. The van der Waals surface area contributed by atoms with E-state index in [0.717, 1.165) is 44.8 Å². The van der Waals surface area contributed by atoms with Gasteiger partial charge >= 0.3 is 0 Å². The van der Waals surface area contributed by atoms with Crippen molar-refractivity contribution in [2.45, 2.75) is 38.1 Å². The number of para-hydroxylation sites is 1. The van der Waals surface area contributed by atoms with Gasteiger partial charge in [-0.15, -0.1) is 12.4 Å². The SMILES string of the molecule is COc1ccccc1C(CNC(=O)C1CCNCC1)N1CCCCC1.Cl. The molecule has 2 N–H and O–H groups in total. The highest BCUT2D eigenvalue weighted by Gasteiger charge is 2.27. The second kappa shape index (κ2) is 10.8. The first-order valence-corrected chi connectivity index (χ1v) is 9.65. The van der Waals surface area contributed by atoms with E-state index in [1.165, 1.54) is 24.8 Å². The van der Waals surface area contributed by atoms with Crippen molar-refractivity contribution in [3.63, 3.8) is 0 Å². The zero-order valence-electron chi connectivity index (χ0n) is 15.7. The fourth-order valence-corrected chi connectivity index (χ4v) is 4.03. The van der Waals surface area contributed by atoms with Gasteiger partial charge in [-0.05, 0) is 57.9 Å². The summed E-state index contributed by atoms with van der Waals surface area (Å²) in [6, 6.07) is 8.39. The van der Waals surface area contributed by atoms with Crippen molar-refractivity contribution >= 4 is 18.3 Å². The van der Waals surface area contributed by atoms with Crippen LogP contribution in [0.2, 0.25) is 0 Å². The Morgan fingerprint density at radius 1 is 1.23 bits per heavy atom. The molecule has 0 saturated carbocycles. The predicted molar refractivity (Wildman–Crippen MR) is 107 cm³/mol. The van der Waals surface area contributed by atoms with Gasteiger partial charge in [0.25, 0.3) is 0 Å². The van der Waals surface area contributed by atoms with Crippen molar-refractivity contribution in [1.29, 1.82) is 0 Å². The summed E-state index contributed by atoms with van der Waals surface area (Å²) < 4.78 is 5.59. The van der Waals surface area contributed by atoms with E-state index < -0.39 is 0 Å². The molecule has 6 heteroatoms. The first-order chi connectivity index (χ1) is 12.3. The molecule has 0 radical (unpaired) electrons. The zero-order chi connectivity index (χ0) is 17.5. The first-order valence-electron chi connectivity index (χ1n) is 9.65. The van der Waals surface area contributed by atoms with E-state index >= 15 is 0 Å². The molecule has 26 heavy (non-hydrogen) atoms. The number of nitrogens with one attached hydrogen (secondary N) is 2. The lowest BCUT2D eigenvalue weighted by molar-refractivity contribution is -0.126. The summed E-state index contributed by atoms with van der Waals surface area (Å²) in [6.07, 6.45) is 5.64. The number of methoxy groups -OCH3 is 1. The number of nitrogens with zero attached hydrogens (tertiary/aromatic N) is 1. The van der Waals surface area contributed by atoms with Crippen LogP contribution in [0.15, 0.2) is 24.3 Å². The molecule has 0 bridgehead atoms. The Bertz CT molecular complexity index is 558. The van der Waals surface area contributed by atoms with Crippen LogP contribution in [0.4, 0.5) is 0 Å². The van der Waals surface area contributed by atoms with Crippen LogP contribution in [0.3, 0.4) is 0 Å². The van der Waals surface area contributed by atoms with Crippen LogP contribution in [0.1, 0.15) is 43.7 Å². The number of hydrogen-bond acceptors (Lipinski definition) is 4. The normalized spacial score (nSPS) is 20.0. The number of amides is 1. The molecule has 1 unspecified atom stereocenters. The van der Waals surface area contributed by atoms with E-state index in [9.17, 15) is 4.79 Å². The Hall–Kier alpha value is -1.30. The number of rotatable bonds is 6. The van der Waals surface area contributed by atoms with Crippen molar-refractivity contribution in [2.24, 2.45) is 5.92 Å². The van der Waals surface area contributed by atoms with Crippen LogP contribution >= 0.6 is 12.4 Å². The van der Waals surface area contributed by atoms with Crippen molar-refractivity contribution in [2.75, 3.05) is 39.8 Å².